The largest absolute Gasteiger partial charge is 0.315 e. The quantitative estimate of drug-likeness (QED) is 0.752. The lowest BCUT2D eigenvalue weighted by atomic mass is 10.0. The van der Waals surface area contributed by atoms with Crippen LogP contribution < -0.4 is 5.32 Å². The number of hydrogen-bond donors (Lipinski definition) is 1. The summed E-state index contributed by atoms with van der Waals surface area (Å²) in [6.07, 6.45) is 1.21. The van der Waals surface area contributed by atoms with E-state index in [1.54, 1.807) is 0 Å². The average Bonchev–Trinajstić information content (AvgIpc) is 2.19. The molecule has 1 saturated heterocycles. The molecule has 0 aromatic rings. The minimum Gasteiger partial charge on any atom is -0.315 e. The maximum atomic E-state index is 3.43. The third-order valence-electron chi connectivity index (χ3n) is 3.80. The van der Waals surface area contributed by atoms with Crippen molar-refractivity contribution in [1.82, 2.24) is 15.1 Å². The van der Waals surface area contributed by atoms with E-state index in [0.29, 0.717) is 18.1 Å². The summed E-state index contributed by atoms with van der Waals surface area (Å²) in [5.41, 5.74) is 0. The SMILES string of the molecule is CCC(NC)C(C)N1CCN(C)CC1C. The van der Waals surface area contributed by atoms with Crippen LogP contribution in [0.1, 0.15) is 27.2 Å². The fourth-order valence-electron chi connectivity index (χ4n) is 2.78. The zero-order valence-electron chi connectivity index (χ0n) is 11.0. The van der Waals surface area contributed by atoms with Gasteiger partial charge in [-0.1, -0.05) is 6.92 Å². The lowest BCUT2D eigenvalue weighted by molar-refractivity contribution is 0.0526. The molecule has 1 rings (SSSR count). The van der Waals surface area contributed by atoms with Crippen molar-refractivity contribution >= 4 is 0 Å². The number of likely N-dealkylation sites (N-methyl/N-ethyl adjacent to an activating group) is 2. The summed E-state index contributed by atoms with van der Waals surface area (Å²) in [4.78, 5) is 5.07. The van der Waals surface area contributed by atoms with Gasteiger partial charge in [0.25, 0.3) is 0 Å². The number of nitrogens with zero attached hydrogens (tertiary/aromatic N) is 2. The Bertz CT molecular complexity index is 180. The van der Waals surface area contributed by atoms with E-state index >= 15 is 0 Å². The highest BCUT2D eigenvalue weighted by atomic mass is 15.3. The maximum absolute atomic E-state index is 3.43. The summed E-state index contributed by atoms with van der Waals surface area (Å²) in [5.74, 6) is 0. The van der Waals surface area contributed by atoms with Crippen molar-refractivity contribution < 1.29 is 0 Å². The van der Waals surface area contributed by atoms with E-state index in [0.717, 1.165) is 0 Å². The van der Waals surface area contributed by atoms with Gasteiger partial charge in [0, 0.05) is 37.8 Å². The normalized spacial score (nSPS) is 29.0. The maximum Gasteiger partial charge on any atom is 0.0224 e. The van der Waals surface area contributed by atoms with Crippen LogP contribution in [0, 0.1) is 0 Å². The third-order valence-corrected chi connectivity index (χ3v) is 3.80. The van der Waals surface area contributed by atoms with E-state index < -0.39 is 0 Å². The van der Waals surface area contributed by atoms with E-state index in [2.05, 4.69) is 50.0 Å². The zero-order chi connectivity index (χ0) is 11.4. The van der Waals surface area contributed by atoms with Crippen LogP contribution in [0.25, 0.3) is 0 Å². The summed E-state index contributed by atoms with van der Waals surface area (Å²) in [5, 5.41) is 3.43. The first-order chi connectivity index (χ1) is 7.10. The monoisotopic (exact) mass is 213 g/mol. The molecule has 0 aromatic heterocycles. The van der Waals surface area contributed by atoms with Crippen LogP contribution in [0.4, 0.5) is 0 Å². The van der Waals surface area contributed by atoms with Gasteiger partial charge in [-0.05, 0) is 34.4 Å². The van der Waals surface area contributed by atoms with Gasteiger partial charge in [-0.3, -0.25) is 4.90 Å². The van der Waals surface area contributed by atoms with Crippen molar-refractivity contribution in [3.05, 3.63) is 0 Å². The molecule has 3 atom stereocenters. The Morgan fingerprint density at radius 1 is 1.40 bits per heavy atom. The van der Waals surface area contributed by atoms with Gasteiger partial charge in [-0.2, -0.15) is 0 Å². The third kappa shape index (κ3) is 3.16. The molecule has 1 heterocycles. The molecule has 1 aliphatic rings. The fraction of sp³-hybridized carbons (Fsp3) is 1.00. The second-order valence-electron chi connectivity index (χ2n) is 4.89. The van der Waals surface area contributed by atoms with Gasteiger partial charge in [-0.25, -0.2) is 0 Å². The van der Waals surface area contributed by atoms with Crippen molar-refractivity contribution in [3.63, 3.8) is 0 Å². The average molecular weight is 213 g/mol. The lowest BCUT2D eigenvalue weighted by Gasteiger charge is -2.44. The van der Waals surface area contributed by atoms with Gasteiger partial charge >= 0.3 is 0 Å². The standard InChI is InChI=1S/C12H27N3/c1-6-12(13-4)11(3)15-8-7-14(5)9-10(15)2/h10-13H,6-9H2,1-5H3. The van der Waals surface area contributed by atoms with Gasteiger partial charge in [0.15, 0.2) is 0 Å². The molecule has 0 amide bonds. The second-order valence-corrected chi connectivity index (χ2v) is 4.89. The summed E-state index contributed by atoms with van der Waals surface area (Å²) >= 11 is 0. The number of rotatable bonds is 4. The fourth-order valence-corrected chi connectivity index (χ4v) is 2.78. The second kappa shape index (κ2) is 5.83. The van der Waals surface area contributed by atoms with Crippen LogP contribution in [0.15, 0.2) is 0 Å². The Hall–Kier alpha value is -0.120. The van der Waals surface area contributed by atoms with Crippen LogP contribution in [0.3, 0.4) is 0 Å². The molecular weight excluding hydrogens is 186 g/mol. The molecule has 0 radical (unpaired) electrons. The summed E-state index contributed by atoms with van der Waals surface area (Å²) < 4.78 is 0. The minimum absolute atomic E-state index is 0.621. The van der Waals surface area contributed by atoms with Crippen molar-refractivity contribution in [3.8, 4) is 0 Å². The first kappa shape index (κ1) is 12.9. The molecule has 3 nitrogen and oxygen atoms in total. The Labute approximate surface area is 94.8 Å². The first-order valence-corrected chi connectivity index (χ1v) is 6.21. The Kier molecular flexibility index (Phi) is 5.03. The van der Waals surface area contributed by atoms with Gasteiger partial charge in [-0.15, -0.1) is 0 Å². The van der Waals surface area contributed by atoms with Gasteiger partial charge in [0.05, 0.1) is 0 Å². The molecule has 1 fully saturated rings. The van der Waals surface area contributed by atoms with E-state index in [4.69, 9.17) is 0 Å². The molecule has 0 bridgehead atoms. The van der Waals surface area contributed by atoms with Crippen molar-refractivity contribution in [2.45, 2.75) is 45.3 Å². The highest BCUT2D eigenvalue weighted by Gasteiger charge is 2.28. The van der Waals surface area contributed by atoms with Gasteiger partial charge in [0.1, 0.15) is 0 Å². The predicted molar refractivity (Wildman–Crippen MR) is 66.3 cm³/mol. The molecule has 15 heavy (non-hydrogen) atoms. The molecule has 0 spiro atoms. The highest BCUT2D eigenvalue weighted by Crippen LogP contribution is 2.15. The van der Waals surface area contributed by atoms with E-state index in [9.17, 15) is 0 Å². The van der Waals surface area contributed by atoms with Crippen LogP contribution >= 0.6 is 0 Å². The predicted octanol–water partition coefficient (Wildman–Crippen LogP) is 1.01. The van der Waals surface area contributed by atoms with Gasteiger partial charge in [0.2, 0.25) is 0 Å². The molecule has 0 aromatic carbocycles. The number of piperazine rings is 1. The van der Waals surface area contributed by atoms with Crippen LogP contribution in [0.2, 0.25) is 0 Å². The Balaban J connectivity index is 2.54. The summed E-state index contributed by atoms with van der Waals surface area (Å²) in [6, 6.07) is 1.95. The number of nitrogens with one attached hydrogen (secondary N) is 1. The van der Waals surface area contributed by atoms with Crippen LogP contribution in [-0.4, -0.2) is 61.7 Å². The van der Waals surface area contributed by atoms with Crippen molar-refractivity contribution in [1.29, 1.82) is 0 Å². The molecule has 1 N–H and O–H groups in total. The van der Waals surface area contributed by atoms with Crippen LogP contribution in [-0.2, 0) is 0 Å². The van der Waals surface area contributed by atoms with E-state index in [-0.39, 0.29) is 0 Å². The Morgan fingerprint density at radius 3 is 2.53 bits per heavy atom. The first-order valence-electron chi connectivity index (χ1n) is 6.21. The molecule has 90 valence electrons. The summed E-state index contributed by atoms with van der Waals surface area (Å²) in [7, 11) is 4.29. The zero-order valence-corrected chi connectivity index (χ0v) is 11.0. The number of hydrogen-bond acceptors (Lipinski definition) is 3. The van der Waals surface area contributed by atoms with E-state index in [1.807, 2.05) is 0 Å². The van der Waals surface area contributed by atoms with E-state index in [1.165, 1.54) is 26.1 Å². The Morgan fingerprint density at radius 2 is 2.07 bits per heavy atom. The molecule has 3 unspecified atom stereocenters. The smallest absolute Gasteiger partial charge is 0.0224 e. The molecule has 0 aliphatic carbocycles. The summed E-state index contributed by atoms with van der Waals surface area (Å²) in [6.45, 7) is 10.6. The topological polar surface area (TPSA) is 18.5 Å². The van der Waals surface area contributed by atoms with Crippen molar-refractivity contribution in [2.75, 3.05) is 33.7 Å². The molecule has 3 heteroatoms. The minimum atomic E-state index is 0.621. The highest BCUT2D eigenvalue weighted by molar-refractivity contribution is 4.86. The molecule has 0 saturated carbocycles. The van der Waals surface area contributed by atoms with Crippen LogP contribution in [0.5, 0.6) is 0 Å². The molecule has 1 aliphatic heterocycles. The van der Waals surface area contributed by atoms with Crippen molar-refractivity contribution in [2.24, 2.45) is 0 Å². The van der Waals surface area contributed by atoms with Gasteiger partial charge < -0.3 is 10.2 Å². The lowest BCUT2D eigenvalue weighted by Crippen LogP contribution is -2.58. The molecular formula is C12H27N3.